The number of nitro benzene ring substituents is 1. The molecule has 0 aliphatic carbocycles. The van der Waals surface area contributed by atoms with Crippen molar-refractivity contribution in [2.24, 2.45) is 0 Å². The maximum absolute atomic E-state index is 11.8. The van der Waals surface area contributed by atoms with Crippen LogP contribution >= 0.6 is 11.6 Å². The van der Waals surface area contributed by atoms with Gasteiger partial charge < -0.3 is 10.1 Å². The number of non-ortho nitro benzene ring substituents is 1. The van der Waals surface area contributed by atoms with Crippen LogP contribution in [0.1, 0.15) is 5.69 Å². The molecule has 1 aromatic carbocycles. The molecule has 0 bridgehead atoms. The van der Waals surface area contributed by atoms with E-state index in [1.807, 2.05) is 0 Å². The maximum Gasteiger partial charge on any atom is 0.331 e. The molecular formula is C16H12ClN3O5. The first-order valence-electron chi connectivity index (χ1n) is 6.95. The molecule has 1 heterocycles. The molecule has 0 saturated carbocycles. The summed E-state index contributed by atoms with van der Waals surface area (Å²) in [6.07, 6.45) is 4.15. The van der Waals surface area contributed by atoms with Gasteiger partial charge in [0.15, 0.2) is 6.61 Å². The zero-order valence-electron chi connectivity index (χ0n) is 12.7. The molecule has 1 amide bonds. The van der Waals surface area contributed by atoms with E-state index in [0.717, 1.165) is 12.1 Å². The molecule has 0 atom stereocenters. The lowest BCUT2D eigenvalue weighted by Gasteiger charge is -2.07. The number of carbonyl (C=O) groups is 2. The minimum atomic E-state index is -0.731. The van der Waals surface area contributed by atoms with Gasteiger partial charge in [-0.25, -0.2) is 4.79 Å². The van der Waals surface area contributed by atoms with Crippen molar-refractivity contribution < 1.29 is 19.2 Å². The Morgan fingerprint density at radius 3 is 2.80 bits per heavy atom. The second-order valence-corrected chi connectivity index (χ2v) is 5.07. The summed E-state index contributed by atoms with van der Waals surface area (Å²) in [6, 6.07) is 8.80. The molecule has 2 aromatic rings. The van der Waals surface area contributed by atoms with Crippen LogP contribution in [0.25, 0.3) is 6.08 Å². The van der Waals surface area contributed by atoms with Gasteiger partial charge in [0.1, 0.15) is 0 Å². The highest BCUT2D eigenvalue weighted by molar-refractivity contribution is 6.33. The molecule has 128 valence electrons. The van der Waals surface area contributed by atoms with E-state index < -0.39 is 23.4 Å². The summed E-state index contributed by atoms with van der Waals surface area (Å²) in [5.74, 6) is -1.41. The Hall–Kier alpha value is -3.26. The normalized spacial score (nSPS) is 10.4. The van der Waals surface area contributed by atoms with Gasteiger partial charge in [-0.2, -0.15) is 0 Å². The van der Waals surface area contributed by atoms with Crippen LogP contribution in [0.3, 0.4) is 0 Å². The summed E-state index contributed by atoms with van der Waals surface area (Å²) in [6.45, 7) is -0.565. The van der Waals surface area contributed by atoms with Gasteiger partial charge in [0, 0.05) is 24.4 Å². The van der Waals surface area contributed by atoms with Crippen molar-refractivity contribution in [3.8, 4) is 0 Å². The van der Waals surface area contributed by atoms with Crippen molar-refractivity contribution in [1.82, 2.24) is 4.98 Å². The molecule has 1 aromatic heterocycles. The van der Waals surface area contributed by atoms with Crippen molar-refractivity contribution in [3.05, 3.63) is 69.5 Å². The predicted octanol–water partition coefficient (Wildman–Crippen LogP) is 2.84. The number of ether oxygens (including phenoxy) is 1. The van der Waals surface area contributed by atoms with E-state index in [9.17, 15) is 19.7 Å². The Bertz CT molecular complexity index is 824. The van der Waals surface area contributed by atoms with Gasteiger partial charge >= 0.3 is 5.97 Å². The van der Waals surface area contributed by atoms with Crippen LogP contribution in [-0.4, -0.2) is 28.4 Å². The third-order valence-electron chi connectivity index (χ3n) is 2.86. The number of halogens is 1. The molecule has 0 aliphatic heterocycles. The van der Waals surface area contributed by atoms with Gasteiger partial charge in [-0.1, -0.05) is 17.7 Å². The van der Waals surface area contributed by atoms with Gasteiger partial charge in [0.05, 0.1) is 21.3 Å². The Morgan fingerprint density at radius 2 is 2.12 bits per heavy atom. The summed E-state index contributed by atoms with van der Waals surface area (Å²) < 4.78 is 4.77. The summed E-state index contributed by atoms with van der Waals surface area (Å²) in [5.41, 5.74) is 0.392. The fourth-order valence-corrected chi connectivity index (χ4v) is 1.89. The predicted molar refractivity (Wildman–Crippen MR) is 91.0 cm³/mol. The van der Waals surface area contributed by atoms with Crippen LogP contribution in [0.5, 0.6) is 0 Å². The van der Waals surface area contributed by atoms with Crippen molar-refractivity contribution in [1.29, 1.82) is 0 Å². The number of amides is 1. The Kier molecular flexibility index (Phi) is 6.19. The smallest absolute Gasteiger partial charge is 0.331 e. The average Bonchev–Trinajstić information content (AvgIpc) is 2.60. The van der Waals surface area contributed by atoms with E-state index in [4.69, 9.17) is 16.3 Å². The first-order chi connectivity index (χ1) is 12.0. The average molecular weight is 362 g/mol. The zero-order chi connectivity index (χ0) is 18.2. The topological polar surface area (TPSA) is 111 Å². The molecule has 0 radical (unpaired) electrons. The number of carbonyl (C=O) groups excluding carboxylic acids is 2. The van der Waals surface area contributed by atoms with Gasteiger partial charge in [0.25, 0.3) is 11.6 Å². The van der Waals surface area contributed by atoms with Crippen molar-refractivity contribution in [3.63, 3.8) is 0 Å². The molecule has 0 saturated heterocycles. The largest absolute Gasteiger partial charge is 0.452 e. The molecule has 25 heavy (non-hydrogen) atoms. The van der Waals surface area contributed by atoms with E-state index in [0.29, 0.717) is 5.69 Å². The van der Waals surface area contributed by atoms with Gasteiger partial charge in [-0.15, -0.1) is 0 Å². The molecule has 8 nitrogen and oxygen atoms in total. The number of rotatable bonds is 6. The highest BCUT2D eigenvalue weighted by Gasteiger charge is 2.13. The SMILES string of the molecule is O=C(COC(=O)C=Cc1ccccn1)Nc1cc([N+](=O)[O-])ccc1Cl. The lowest BCUT2D eigenvalue weighted by atomic mass is 10.3. The highest BCUT2D eigenvalue weighted by Crippen LogP contribution is 2.26. The number of anilines is 1. The van der Waals surface area contributed by atoms with E-state index in [2.05, 4.69) is 10.3 Å². The molecular weight excluding hydrogens is 350 g/mol. The Labute approximate surface area is 147 Å². The minimum absolute atomic E-state index is 0.0564. The number of nitro groups is 1. The van der Waals surface area contributed by atoms with Crippen LogP contribution in [0.2, 0.25) is 5.02 Å². The van der Waals surface area contributed by atoms with Crippen molar-refractivity contribution >= 4 is 40.9 Å². The summed E-state index contributed by atoms with van der Waals surface area (Å²) >= 11 is 5.86. The lowest BCUT2D eigenvalue weighted by Crippen LogP contribution is -2.20. The first kappa shape index (κ1) is 18.1. The maximum atomic E-state index is 11.8. The minimum Gasteiger partial charge on any atom is -0.452 e. The molecule has 0 unspecified atom stereocenters. The van der Waals surface area contributed by atoms with Crippen LogP contribution in [0.15, 0.2) is 48.7 Å². The fourth-order valence-electron chi connectivity index (χ4n) is 1.72. The number of nitrogens with zero attached hydrogens (tertiary/aromatic N) is 2. The second kappa shape index (κ2) is 8.55. The van der Waals surface area contributed by atoms with Crippen LogP contribution < -0.4 is 5.32 Å². The van der Waals surface area contributed by atoms with Crippen LogP contribution in [-0.2, 0) is 14.3 Å². The van der Waals surface area contributed by atoms with Crippen LogP contribution in [0, 0.1) is 10.1 Å². The number of aromatic nitrogens is 1. The standard InChI is InChI=1S/C16H12ClN3O5/c17-13-6-5-12(20(23)24)9-14(13)19-15(21)10-25-16(22)7-4-11-3-1-2-8-18-11/h1-9H,10H2,(H,19,21). The van der Waals surface area contributed by atoms with Gasteiger partial charge in [-0.3, -0.25) is 19.9 Å². The number of pyridine rings is 1. The first-order valence-corrected chi connectivity index (χ1v) is 7.33. The van der Waals surface area contributed by atoms with Crippen LogP contribution in [0.4, 0.5) is 11.4 Å². The molecule has 0 spiro atoms. The molecule has 1 N–H and O–H groups in total. The second-order valence-electron chi connectivity index (χ2n) is 4.67. The highest BCUT2D eigenvalue weighted by atomic mass is 35.5. The van der Waals surface area contributed by atoms with Crippen molar-refractivity contribution in [2.45, 2.75) is 0 Å². The van der Waals surface area contributed by atoms with E-state index >= 15 is 0 Å². The zero-order valence-corrected chi connectivity index (χ0v) is 13.5. The number of hydrogen-bond donors (Lipinski definition) is 1. The van der Waals surface area contributed by atoms with E-state index in [-0.39, 0.29) is 16.4 Å². The van der Waals surface area contributed by atoms with Crippen molar-refractivity contribution in [2.75, 3.05) is 11.9 Å². The lowest BCUT2D eigenvalue weighted by molar-refractivity contribution is -0.384. The van der Waals surface area contributed by atoms with E-state index in [1.165, 1.54) is 18.2 Å². The number of esters is 1. The molecule has 0 aliphatic rings. The van der Waals surface area contributed by atoms with Gasteiger partial charge in [0.2, 0.25) is 0 Å². The molecule has 9 heteroatoms. The third kappa shape index (κ3) is 5.70. The number of hydrogen-bond acceptors (Lipinski definition) is 6. The number of benzene rings is 1. The Morgan fingerprint density at radius 1 is 1.32 bits per heavy atom. The van der Waals surface area contributed by atoms with Gasteiger partial charge in [-0.05, 0) is 24.3 Å². The number of nitrogens with one attached hydrogen (secondary N) is 1. The summed E-state index contributed by atoms with van der Waals surface area (Å²) in [4.78, 5) is 37.4. The third-order valence-corrected chi connectivity index (χ3v) is 3.19. The fraction of sp³-hybridized carbons (Fsp3) is 0.0625. The Balaban J connectivity index is 1.88. The molecule has 2 rings (SSSR count). The summed E-state index contributed by atoms with van der Waals surface area (Å²) in [7, 11) is 0. The van der Waals surface area contributed by atoms with E-state index in [1.54, 1.807) is 24.4 Å². The summed E-state index contributed by atoms with van der Waals surface area (Å²) in [5, 5.41) is 13.2. The molecule has 0 fully saturated rings. The monoisotopic (exact) mass is 361 g/mol. The quantitative estimate of drug-likeness (QED) is 0.366.